The molecule has 1 N–H and O–H groups in total. The zero-order valence-corrected chi connectivity index (χ0v) is 19.2. The van der Waals surface area contributed by atoms with E-state index in [1.54, 1.807) is 0 Å². The maximum absolute atomic E-state index is 6.26. The second kappa shape index (κ2) is 11.8. The summed E-state index contributed by atoms with van der Waals surface area (Å²) in [7, 11) is 0. The first-order chi connectivity index (χ1) is 15.3. The predicted molar refractivity (Wildman–Crippen MR) is 126 cm³/mol. The van der Waals surface area contributed by atoms with Crippen molar-refractivity contribution in [2.75, 3.05) is 65.6 Å². The highest BCUT2D eigenvalue weighted by molar-refractivity contribution is 5.80. The number of nitrogens with one attached hydrogen (secondary N) is 1. The highest BCUT2D eigenvalue weighted by Gasteiger charge is 2.27. The Bertz CT molecular complexity index is 705. The van der Waals surface area contributed by atoms with Gasteiger partial charge in [-0.1, -0.05) is 24.3 Å². The summed E-state index contributed by atoms with van der Waals surface area (Å²) in [5.74, 6) is 1.81. The summed E-state index contributed by atoms with van der Waals surface area (Å²) in [5.41, 5.74) is 2.86. The van der Waals surface area contributed by atoms with Crippen LogP contribution in [-0.4, -0.2) is 81.4 Å². The van der Waals surface area contributed by atoms with E-state index >= 15 is 0 Å². The van der Waals surface area contributed by atoms with Gasteiger partial charge in [0, 0.05) is 52.4 Å². The number of fused-ring (bicyclic) bond motifs is 1. The molecule has 6 heteroatoms. The average Bonchev–Trinajstić information content (AvgIpc) is 3.27. The van der Waals surface area contributed by atoms with Crippen LogP contribution in [0.15, 0.2) is 29.3 Å². The van der Waals surface area contributed by atoms with E-state index in [-0.39, 0.29) is 6.10 Å². The standard InChI is InChI=1S/C25H40N4O2/c1-2-26-25(29-13-11-21(20-29)19-28-14-17-30-18-15-28)27-12-6-16-31-24-10-5-8-22-7-3-4-9-23(22)24/h3-4,7,9,21,24H,2,5-6,8,10-20H2,1H3,(H,26,27). The van der Waals surface area contributed by atoms with Gasteiger partial charge in [0.1, 0.15) is 0 Å². The summed E-state index contributed by atoms with van der Waals surface area (Å²) in [6, 6.07) is 8.76. The number of rotatable bonds is 8. The molecular weight excluding hydrogens is 388 g/mol. The van der Waals surface area contributed by atoms with Crippen molar-refractivity contribution in [1.29, 1.82) is 0 Å². The van der Waals surface area contributed by atoms with E-state index in [4.69, 9.17) is 14.5 Å². The third-order valence-corrected chi connectivity index (χ3v) is 6.74. The number of ether oxygens (including phenoxy) is 2. The molecule has 1 aliphatic carbocycles. The summed E-state index contributed by atoms with van der Waals surface area (Å²) in [4.78, 5) is 9.93. The van der Waals surface area contributed by atoms with Crippen LogP contribution in [0.3, 0.4) is 0 Å². The van der Waals surface area contributed by atoms with Crippen LogP contribution in [0, 0.1) is 5.92 Å². The molecule has 6 nitrogen and oxygen atoms in total. The van der Waals surface area contributed by atoms with Crippen LogP contribution in [0.2, 0.25) is 0 Å². The molecule has 2 aliphatic heterocycles. The molecule has 2 saturated heterocycles. The van der Waals surface area contributed by atoms with Gasteiger partial charge in [0.05, 0.1) is 19.3 Å². The van der Waals surface area contributed by atoms with Crippen LogP contribution in [0.25, 0.3) is 0 Å². The number of aliphatic imine (C=N–C) groups is 1. The lowest BCUT2D eigenvalue weighted by Crippen LogP contribution is -2.42. The SMILES string of the molecule is CCNC(=NCCCOC1CCCc2ccccc21)N1CCC(CN2CCOCC2)C1. The van der Waals surface area contributed by atoms with Crippen molar-refractivity contribution in [3.63, 3.8) is 0 Å². The number of hydrogen-bond acceptors (Lipinski definition) is 4. The lowest BCUT2D eigenvalue weighted by atomic mass is 9.89. The third-order valence-electron chi connectivity index (χ3n) is 6.74. The Labute approximate surface area is 188 Å². The van der Waals surface area contributed by atoms with Gasteiger partial charge in [-0.3, -0.25) is 9.89 Å². The maximum Gasteiger partial charge on any atom is 0.193 e. The van der Waals surface area contributed by atoms with Gasteiger partial charge in [-0.25, -0.2) is 0 Å². The molecule has 2 atom stereocenters. The first-order valence-corrected chi connectivity index (χ1v) is 12.4. The molecule has 3 aliphatic rings. The summed E-state index contributed by atoms with van der Waals surface area (Å²) in [6.07, 6.45) is 6.05. The van der Waals surface area contributed by atoms with Gasteiger partial charge in [-0.05, 0) is 56.1 Å². The van der Waals surface area contributed by atoms with Crippen molar-refractivity contribution in [3.8, 4) is 0 Å². The van der Waals surface area contributed by atoms with E-state index in [1.165, 1.54) is 36.9 Å². The number of hydrogen-bond donors (Lipinski definition) is 1. The van der Waals surface area contributed by atoms with Crippen LogP contribution in [-0.2, 0) is 15.9 Å². The third kappa shape index (κ3) is 6.43. The predicted octanol–water partition coefficient (Wildman–Crippen LogP) is 3.09. The quantitative estimate of drug-likeness (QED) is 0.392. The van der Waals surface area contributed by atoms with Crippen LogP contribution < -0.4 is 5.32 Å². The van der Waals surface area contributed by atoms with Gasteiger partial charge < -0.3 is 19.7 Å². The molecule has 172 valence electrons. The molecule has 0 saturated carbocycles. The fraction of sp³-hybridized carbons (Fsp3) is 0.720. The van der Waals surface area contributed by atoms with Crippen molar-refractivity contribution < 1.29 is 9.47 Å². The van der Waals surface area contributed by atoms with Crippen LogP contribution in [0.4, 0.5) is 0 Å². The molecule has 0 aromatic heterocycles. The highest BCUT2D eigenvalue weighted by atomic mass is 16.5. The largest absolute Gasteiger partial charge is 0.379 e. The zero-order valence-electron chi connectivity index (χ0n) is 19.2. The Kier molecular flexibility index (Phi) is 8.62. The van der Waals surface area contributed by atoms with Crippen LogP contribution >= 0.6 is 0 Å². The Morgan fingerprint density at radius 2 is 2.06 bits per heavy atom. The molecular formula is C25H40N4O2. The summed E-state index contributed by atoms with van der Waals surface area (Å²) < 4.78 is 11.7. The average molecular weight is 429 g/mol. The van der Waals surface area contributed by atoms with E-state index in [0.717, 1.165) is 83.8 Å². The summed E-state index contributed by atoms with van der Waals surface area (Å²) in [6.45, 7) is 12.0. The molecule has 4 rings (SSSR count). The van der Waals surface area contributed by atoms with Crippen molar-refractivity contribution in [2.24, 2.45) is 10.9 Å². The van der Waals surface area contributed by atoms with E-state index in [9.17, 15) is 0 Å². The number of likely N-dealkylation sites (tertiary alicyclic amines) is 1. The number of aryl methyl sites for hydroxylation is 1. The Hall–Kier alpha value is -1.63. The molecule has 2 unspecified atom stereocenters. The highest BCUT2D eigenvalue weighted by Crippen LogP contribution is 2.32. The minimum atomic E-state index is 0.265. The first kappa shape index (κ1) is 22.6. The molecule has 2 heterocycles. The molecule has 1 aromatic carbocycles. The molecule has 0 spiro atoms. The lowest BCUT2D eigenvalue weighted by molar-refractivity contribution is 0.0315. The Morgan fingerprint density at radius 1 is 1.19 bits per heavy atom. The Morgan fingerprint density at radius 3 is 2.94 bits per heavy atom. The van der Waals surface area contributed by atoms with Crippen molar-refractivity contribution >= 4 is 5.96 Å². The number of guanidine groups is 1. The molecule has 1 aromatic rings. The summed E-state index contributed by atoms with van der Waals surface area (Å²) in [5, 5.41) is 3.50. The van der Waals surface area contributed by atoms with Crippen molar-refractivity contribution in [1.82, 2.24) is 15.1 Å². The minimum Gasteiger partial charge on any atom is -0.379 e. The summed E-state index contributed by atoms with van der Waals surface area (Å²) >= 11 is 0. The molecule has 31 heavy (non-hydrogen) atoms. The minimum absolute atomic E-state index is 0.265. The molecule has 0 bridgehead atoms. The van der Waals surface area contributed by atoms with Crippen LogP contribution in [0.1, 0.15) is 49.8 Å². The van der Waals surface area contributed by atoms with Gasteiger partial charge >= 0.3 is 0 Å². The second-order valence-corrected chi connectivity index (χ2v) is 9.05. The zero-order chi connectivity index (χ0) is 21.3. The van der Waals surface area contributed by atoms with Gasteiger partial charge in [0.25, 0.3) is 0 Å². The monoisotopic (exact) mass is 428 g/mol. The van der Waals surface area contributed by atoms with Crippen molar-refractivity contribution in [2.45, 2.75) is 45.1 Å². The second-order valence-electron chi connectivity index (χ2n) is 9.05. The normalized spacial score (nSPS) is 24.9. The van der Waals surface area contributed by atoms with Crippen molar-refractivity contribution in [3.05, 3.63) is 35.4 Å². The van der Waals surface area contributed by atoms with E-state index in [0.29, 0.717) is 0 Å². The maximum atomic E-state index is 6.26. The fourth-order valence-electron chi connectivity index (χ4n) is 5.11. The smallest absolute Gasteiger partial charge is 0.193 e. The molecule has 0 radical (unpaired) electrons. The number of morpholine rings is 1. The molecule has 0 amide bonds. The Balaban J connectivity index is 1.20. The lowest BCUT2D eigenvalue weighted by Gasteiger charge is -2.29. The van der Waals surface area contributed by atoms with Gasteiger partial charge in [-0.15, -0.1) is 0 Å². The van der Waals surface area contributed by atoms with E-state index in [1.807, 2.05) is 0 Å². The molecule has 2 fully saturated rings. The van der Waals surface area contributed by atoms with E-state index < -0.39 is 0 Å². The topological polar surface area (TPSA) is 49.3 Å². The van der Waals surface area contributed by atoms with Gasteiger partial charge in [-0.2, -0.15) is 0 Å². The van der Waals surface area contributed by atoms with E-state index in [2.05, 4.69) is 46.3 Å². The number of nitrogens with zero attached hydrogens (tertiary/aromatic N) is 3. The number of benzene rings is 1. The fourth-order valence-corrected chi connectivity index (χ4v) is 5.11. The van der Waals surface area contributed by atoms with Gasteiger partial charge in [0.15, 0.2) is 5.96 Å². The van der Waals surface area contributed by atoms with Gasteiger partial charge in [0.2, 0.25) is 0 Å². The first-order valence-electron chi connectivity index (χ1n) is 12.4. The van der Waals surface area contributed by atoms with Crippen LogP contribution in [0.5, 0.6) is 0 Å².